The molecule has 1 atom stereocenters. The van der Waals surface area contributed by atoms with Gasteiger partial charge in [-0.05, 0) is 31.1 Å². The second kappa shape index (κ2) is 8.91. The molecule has 0 aromatic carbocycles. The lowest BCUT2D eigenvalue weighted by atomic mass is 9.67. The van der Waals surface area contributed by atoms with Crippen LogP contribution in [0.25, 0.3) is 22.6 Å². The predicted molar refractivity (Wildman–Crippen MR) is 128 cm³/mol. The first kappa shape index (κ1) is 24.3. The highest BCUT2D eigenvalue weighted by Gasteiger charge is 2.62. The number of nitrogens with one attached hydrogen (secondary N) is 3. The van der Waals surface area contributed by atoms with E-state index in [9.17, 15) is 17.6 Å². The number of pyridine rings is 1. The molecule has 190 valence electrons. The van der Waals surface area contributed by atoms with Crippen molar-refractivity contribution in [2.75, 3.05) is 19.0 Å². The van der Waals surface area contributed by atoms with Gasteiger partial charge < -0.3 is 25.2 Å². The SMILES string of the molecule is CN/C(=C\C=N)Nc1cc(-c2cc3n(c2)C[C@H](CF)n2c-3nnc2C2(C(F)(F)F)CCC2)c(Cl)cn1. The second-order valence-electron chi connectivity index (χ2n) is 8.90. The summed E-state index contributed by atoms with van der Waals surface area (Å²) in [6, 6.07) is 2.62. The van der Waals surface area contributed by atoms with Gasteiger partial charge in [-0.15, -0.1) is 10.2 Å². The Balaban J connectivity index is 1.57. The van der Waals surface area contributed by atoms with E-state index in [0.717, 1.165) is 6.21 Å². The molecule has 5 rings (SSSR count). The molecule has 0 bridgehead atoms. The molecule has 3 aromatic rings. The minimum absolute atomic E-state index is 0.0800. The van der Waals surface area contributed by atoms with Crippen LogP contribution in [0.4, 0.5) is 23.4 Å². The Morgan fingerprint density at radius 2 is 2.08 bits per heavy atom. The molecule has 0 spiro atoms. The summed E-state index contributed by atoms with van der Waals surface area (Å²) in [7, 11) is 1.69. The number of nitrogens with zero attached hydrogens (tertiary/aromatic N) is 5. The van der Waals surface area contributed by atoms with Gasteiger partial charge in [0.1, 0.15) is 29.6 Å². The number of alkyl halides is 4. The molecule has 0 unspecified atom stereocenters. The number of anilines is 1. The Hall–Kier alpha value is -3.41. The van der Waals surface area contributed by atoms with Crippen LogP contribution in [0.1, 0.15) is 31.1 Å². The van der Waals surface area contributed by atoms with E-state index in [2.05, 4.69) is 25.8 Å². The Morgan fingerprint density at radius 1 is 1.31 bits per heavy atom. The van der Waals surface area contributed by atoms with E-state index in [1.165, 1.54) is 16.8 Å². The van der Waals surface area contributed by atoms with Crippen LogP contribution in [0, 0.1) is 5.41 Å². The van der Waals surface area contributed by atoms with Gasteiger partial charge >= 0.3 is 6.18 Å². The number of rotatable bonds is 7. The van der Waals surface area contributed by atoms with Gasteiger partial charge in [0, 0.05) is 43.3 Å². The third-order valence-electron chi connectivity index (χ3n) is 6.90. The number of halogens is 5. The van der Waals surface area contributed by atoms with Crippen molar-refractivity contribution in [2.24, 2.45) is 0 Å². The van der Waals surface area contributed by atoms with Crippen molar-refractivity contribution in [1.82, 2.24) is 29.6 Å². The molecule has 1 aliphatic heterocycles. The topological polar surface area (TPSA) is 96.4 Å². The highest BCUT2D eigenvalue weighted by molar-refractivity contribution is 6.33. The lowest BCUT2D eigenvalue weighted by Crippen LogP contribution is -2.50. The largest absolute Gasteiger partial charge is 0.401 e. The maximum atomic E-state index is 14.1. The number of hydrogen-bond acceptors (Lipinski definition) is 6. The summed E-state index contributed by atoms with van der Waals surface area (Å²) in [4.78, 5) is 4.26. The fraction of sp³-hybridized carbons (Fsp3) is 0.391. The van der Waals surface area contributed by atoms with Crippen molar-refractivity contribution >= 4 is 23.6 Å². The summed E-state index contributed by atoms with van der Waals surface area (Å²) in [5.74, 6) is 1.00. The first-order valence-corrected chi connectivity index (χ1v) is 11.7. The van der Waals surface area contributed by atoms with Crippen LogP contribution in [-0.4, -0.2) is 50.4 Å². The van der Waals surface area contributed by atoms with Crippen LogP contribution in [0.3, 0.4) is 0 Å². The molecular weight excluding hydrogens is 500 g/mol. The van der Waals surface area contributed by atoms with Crippen molar-refractivity contribution in [3.05, 3.63) is 47.3 Å². The molecule has 1 saturated carbocycles. The Bertz CT molecular complexity index is 1340. The van der Waals surface area contributed by atoms with Gasteiger partial charge in [-0.25, -0.2) is 9.37 Å². The van der Waals surface area contributed by atoms with E-state index < -0.39 is 24.3 Å². The van der Waals surface area contributed by atoms with Crippen LogP contribution in [0.5, 0.6) is 0 Å². The Morgan fingerprint density at radius 3 is 2.69 bits per heavy atom. The highest BCUT2D eigenvalue weighted by atomic mass is 35.5. The lowest BCUT2D eigenvalue weighted by Gasteiger charge is -2.43. The number of allylic oxidation sites excluding steroid dienone is 1. The van der Waals surface area contributed by atoms with Crippen LogP contribution < -0.4 is 10.6 Å². The second-order valence-corrected chi connectivity index (χ2v) is 9.30. The molecule has 2 aliphatic rings. The molecule has 3 aromatic heterocycles. The summed E-state index contributed by atoms with van der Waals surface area (Å²) in [5, 5.41) is 21.6. The lowest BCUT2D eigenvalue weighted by molar-refractivity contribution is -0.216. The molecule has 0 amide bonds. The molecule has 1 fully saturated rings. The smallest absolute Gasteiger partial charge is 0.375 e. The molecule has 4 heterocycles. The van der Waals surface area contributed by atoms with Crippen molar-refractivity contribution in [3.8, 4) is 22.6 Å². The first-order chi connectivity index (χ1) is 17.2. The van der Waals surface area contributed by atoms with Gasteiger partial charge in [-0.2, -0.15) is 13.2 Å². The van der Waals surface area contributed by atoms with Gasteiger partial charge in [-0.3, -0.25) is 0 Å². The molecule has 36 heavy (non-hydrogen) atoms. The third kappa shape index (κ3) is 3.74. The molecule has 0 saturated heterocycles. The average Bonchev–Trinajstić information content (AvgIpc) is 3.42. The Labute approximate surface area is 208 Å². The van der Waals surface area contributed by atoms with E-state index >= 15 is 0 Å². The van der Waals surface area contributed by atoms with Gasteiger partial charge in [0.15, 0.2) is 5.82 Å². The number of hydrogen-bond donors (Lipinski definition) is 3. The monoisotopic (exact) mass is 522 g/mol. The highest BCUT2D eigenvalue weighted by Crippen LogP contribution is 2.55. The summed E-state index contributed by atoms with van der Waals surface area (Å²) < 4.78 is 59.4. The fourth-order valence-electron chi connectivity index (χ4n) is 4.86. The zero-order valence-corrected chi connectivity index (χ0v) is 20.0. The summed E-state index contributed by atoms with van der Waals surface area (Å²) in [5.41, 5.74) is -0.262. The minimum Gasteiger partial charge on any atom is -0.375 e. The van der Waals surface area contributed by atoms with E-state index in [0.29, 0.717) is 39.9 Å². The normalized spacial score (nSPS) is 18.7. The van der Waals surface area contributed by atoms with Crippen molar-refractivity contribution in [1.29, 1.82) is 5.41 Å². The quantitative estimate of drug-likeness (QED) is 0.296. The Kier molecular flexibility index (Phi) is 6.01. The van der Waals surface area contributed by atoms with Crippen molar-refractivity contribution < 1.29 is 17.6 Å². The number of fused-ring (bicyclic) bond motifs is 3. The maximum Gasteiger partial charge on any atom is 0.401 e. The van der Waals surface area contributed by atoms with Gasteiger partial charge in [-0.1, -0.05) is 18.0 Å². The van der Waals surface area contributed by atoms with Gasteiger partial charge in [0.25, 0.3) is 0 Å². The predicted octanol–water partition coefficient (Wildman–Crippen LogP) is 5.09. The molecule has 8 nitrogen and oxygen atoms in total. The maximum absolute atomic E-state index is 14.1. The van der Waals surface area contributed by atoms with Crippen LogP contribution in [0.2, 0.25) is 5.02 Å². The minimum atomic E-state index is -4.49. The van der Waals surface area contributed by atoms with E-state index in [-0.39, 0.29) is 31.0 Å². The van der Waals surface area contributed by atoms with Crippen molar-refractivity contribution in [2.45, 2.75) is 43.4 Å². The van der Waals surface area contributed by atoms with E-state index in [4.69, 9.17) is 17.0 Å². The van der Waals surface area contributed by atoms with Crippen molar-refractivity contribution in [3.63, 3.8) is 0 Å². The summed E-state index contributed by atoms with van der Waals surface area (Å²) >= 11 is 6.44. The standard InChI is InChI=1S/C23H23ClF4N8/c1-30-18(3-6-29)32-19-8-15(16(24)10-31-19)13-7-17-20-33-34-21(22(4-2-5-22)23(26,27)28)36(20)14(9-25)12-35(17)11-13/h3,6-8,10-11,14,29-30H,2,4-5,9,12H2,1H3,(H,31,32)/b18-3+,29-6?/t14-/m0/s1. The number of aromatic nitrogens is 5. The molecule has 13 heteroatoms. The molecular formula is C23H23ClF4N8. The molecule has 1 aliphatic carbocycles. The third-order valence-corrected chi connectivity index (χ3v) is 7.20. The summed E-state index contributed by atoms with van der Waals surface area (Å²) in [6.07, 6.45) is 1.67. The van der Waals surface area contributed by atoms with Crippen LogP contribution in [0.15, 0.2) is 36.4 Å². The zero-order valence-electron chi connectivity index (χ0n) is 19.2. The molecule has 0 radical (unpaired) electrons. The first-order valence-electron chi connectivity index (χ1n) is 11.3. The average molecular weight is 523 g/mol. The summed E-state index contributed by atoms with van der Waals surface area (Å²) in [6.45, 7) is -0.716. The van der Waals surface area contributed by atoms with E-state index in [1.54, 1.807) is 29.9 Å². The van der Waals surface area contributed by atoms with E-state index in [1.807, 2.05) is 0 Å². The van der Waals surface area contributed by atoms with Crippen LogP contribution in [-0.2, 0) is 12.0 Å². The van der Waals surface area contributed by atoms with Crippen LogP contribution >= 0.6 is 11.6 Å². The zero-order chi connectivity index (χ0) is 25.7. The van der Waals surface area contributed by atoms with Gasteiger partial charge in [0.2, 0.25) is 0 Å². The van der Waals surface area contributed by atoms with Gasteiger partial charge in [0.05, 0.1) is 16.8 Å². The molecule has 3 N–H and O–H groups in total. The fourth-order valence-corrected chi connectivity index (χ4v) is 5.07.